The number of aromatic nitrogens is 2. The van der Waals surface area contributed by atoms with E-state index in [1.165, 1.54) is 5.56 Å². The fraction of sp³-hybridized carbons (Fsp3) is 0.158. The maximum atomic E-state index is 5.17. The molecule has 0 unspecified atom stereocenters. The van der Waals surface area contributed by atoms with Gasteiger partial charge in [0.15, 0.2) is 0 Å². The Morgan fingerprint density at radius 1 is 1.00 bits per heavy atom. The summed E-state index contributed by atoms with van der Waals surface area (Å²) in [6.07, 6.45) is 1.57. The van der Waals surface area contributed by atoms with Crippen LogP contribution in [0, 0.1) is 0 Å². The molecule has 0 radical (unpaired) electrons. The molecule has 2 aromatic carbocycles. The van der Waals surface area contributed by atoms with Crippen molar-refractivity contribution in [2.75, 3.05) is 24.4 Å². The van der Waals surface area contributed by atoms with E-state index < -0.39 is 0 Å². The normalized spacial score (nSPS) is 10.2. The summed E-state index contributed by atoms with van der Waals surface area (Å²) in [6.45, 7) is 0.791. The van der Waals surface area contributed by atoms with Crippen molar-refractivity contribution in [3.05, 3.63) is 72.6 Å². The highest BCUT2D eigenvalue weighted by molar-refractivity contribution is 5.60. The van der Waals surface area contributed by atoms with Crippen LogP contribution in [0.25, 0.3) is 0 Å². The lowest BCUT2D eigenvalue weighted by atomic mass is 10.2. The second kappa shape index (κ2) is 7.46. The molecule has 0 fully saturated rings. The molecular formula is C19H20N4O. The SMILES string of the molecule is COc1ccc(Nc2cc(N(C)Cc3ccccc3)ncn2)cc1. The van der Waals surface area contributed by atoms with Crippen molar-refractivity contribution in [2.45, 2.75) is 6.54 Å². The lowest BCUT2D eigenvalue weighted by molar-refractivity contribution is 0.415. The molecule has 1 aromatic heterocycles. The monoisotopic (exact) mass is 320 g/mol. The van der Waals surface area contributed by atoms with E-state index in [1.54, 1.807) is 13.4 Å². The second-order valence-electron chi connectivity index (χ2n) is 5.46. The molecule has 0 amide bonds. The fourth-order valence-corrected chi connectivity index (χ4v) is 2.38. The van der Waals surface area contributed by atoms with Gasteiger partial charge in [-0.25, -0.2) is 9.97 Å². The van der Waals surface area contributed by atoms with E-state index in [4.69, 9.17) is 4.74 Å². The summed E-state index contributed by atoms with van der Waals surface area (Å²) in [5, 5.41) is 3.28. The first-order chi connectivity index (χ1) is 11.7. The van der Waals surface area contributed by atoms with Crippen LogP contribution in [0.4, 0.5) is 17.3 Å². The molecule has 0 aliphatic carbocycles. The Labute approximate surface area is 142 Å². The zero-order valence-corrected chi connectivity index (χ0v) is 13.8. The minimum absolute atomic E-state index is 0.755. The molecular weight excluding hydrogens is 300 g/mol. The first kappa shape index (κ1) is 15.8. The number of benzene rings is 2. The van der Waals surface area contributed by atoms with E-state index in [2.05, 4.69) is 32.3 Å². The van der Waals surface area contributed by atoms with Gasteiger partial charge in [0.2, 0.25) is 0 Å². The van der Waals surface area contributed by atoms with Gasteiger partial charge in [0.05, 0.1) is 7.11 Å². The summed E-state index contributed by atoms with van der Waals surface area (Å²) in [4.78, 5) is 10.7. The summed E-state index contributed by atoms with van der Waals surface area (Å²) in [7, 11) is 3.67. The smallest absolute Gasteiger partial charge is 0.135 e. The van der Waals surface area contributed by atoms with Gasteiger partial charge in [-0.1, -0.05) is 30.3 Å². The number of ether oxygens (including phenoxy) is 1. The Kier molecular flexibility index (Phi) is 4.91. The molecule has 0 bridgehead atoms. The molecule has 0 aliphatic heterocycles. The van der Waals surface area contributed by atoms with Crippen molar-refractivity contribution >= 4 is 17.3 Å². The Balaban J connectivity index is 1.71. The van der Waals surface area contributed by atoms with Crippen molar-refractivity contribution in [2.24, 2.45) is 0 Å². The van der Waals surface area contributed by atoms with Crippen molar-refractivity contribution in [3.8, 4) is 5.75 Å². The Morgan fingerprint density at radius 3 is 2.46 bits per heavy atom. The van der Waals surface area contributed by atoms with Gasteiger partial charge in [-0.05, 0) is 29.8 Å². The van der Waals surface area contributed by atoms with Crippen LogP contribution in [0.15, 0.2) is 67.0 Å². The average Bonchev–Trinajstić information content (AvgIpc) is 2.63. The third-order valence-corrected chi connectivity index (χ3v) is 3.67. The number of rotatable bonds is 6. The number of hydrogen-bond acceptors (Lipinski definition) is 5. The third-order valence-electron chi connectivity index (χ3n) is 3.67. The summed E-state index contributed by atoms with van der Waals surface area (Å²) < 4.78 is 5.17. The number of nitrogens with zero attached hydrogens (tertiary/aromatic N) is 3. The minimum Gasteiger partial charge on any atom is -0.497 e. The van der Waals surface area contributed by atoms with Crippen LogP contribution in [0.5, 0.6) is 5.75 Å². The lowest BCUT2D eigenvalue weighted by Gasteiger charge is -2.18. The van der Waals surface area contributed by atoms with Crippen molar-refractivity contribution in [3.63, 3.8) is 0 Å². The summed E-state index contributed by atoms with van der Waals surface area (Å²) in [5.74, 6) is 2.45. The van der Waals surface area contributed by atoms with Crippen LogP contribution in [0.2, 0.25) is 0 Å². The maximum Gasteiger partial charge on any atom is 0.135 e. The van der Waals surface area contributed by atoms with Gasteiger partial charge in [0.25, 0.3) is 0 Å². The topological polar surface area (TPSA) is 50.3 Å². The molecule has 0 aliphatic rings. The Bertz CT molecular complexity index is 775. The van der Waals surface area contributed by atoms with Crippen LogP contribution < -0.4 is 15.0 Å². The molecule has 1 N–H and O–H groups in total. The number of hydrogen-bond donors (Lipinski definition) is 1. The summed E-state index contributed by atoms with van der Waals surface area (Å²) in [5.41, 5.74) is 2.19. The molecule has 0 saturated heterocycles. The van der Waals surface area contributed by atoms with Gasteiger partial charge >= 0.3 is 0 Å². The molecule has 0 spiro atoms. The van der Waals surface area contributed by atoms with Gasteiger partial charge in [0, 0.05) is 25.3 Å². The first-order valence-corrected chi connectivity index (χ1v) is 7.73. The lowest BCUT2D eigenvalue weighted by Crippen LogP contribution is -2.17. The van der Waals surface area contributed by atoms with Crippen molar-refractivity contribution < 1.29 is 4.74 Å². The Hall–Kier alpha value is -3.08. The van der Waals surface area contributed by atoms with Crippen LogP contribution in [-0.4, -0.2) is 24.1 Å². The van der Waals surface area contributed by atoms with Gasteiger partial charge in [-0.15, -0.1) is 0 Å². The molecule has 0 atom stereocenters. The van der Waals surface area contributed by atoms with Crippen LogP contribution in [0.3, 0.4) is 0 Å². The highest BCUT2D eigenvalue weighted by Crippen LogP contribution is 2.21. The maximum absolute atomic E-state index is 5.17. The third kappa shape index (κ3) is 4.01. The molecule has 5 heteroatoms. The average molecular weight is 320 g/mol. The quantitative estimate of drug-likeness (QED) is 0.747. The number of methoxy groups -OCH3 is 1. The first-order valence-electron chi connectivity index (χ1n) is 7.73. The molecule has 122 valence electrons. The molecule has 3 aromatic rings. The summed E-state index contributed by atoms with van der Waals surface area (Å²) in [6, 6.07) is 20.0. The van der Waals surface area contributed by atoms with E-state index in [-0.39, 0.29) is 0 Å². The van der Waals surface area contributed by atoms with Crippen LogP contribution >= 0.6 is 0 Å². The molecule has 24 heavy (non-hydrogen) atoms. The summed E-state index contributed by atoms with van der Waals surface area (Å²) >= 11 is 0. The molecule has 5 nitrogen and oxygen atoms in total. The second-order valence-corrected chi connectivity index (χ2v) is 5.46. The highest BCUT2D eigenvalue weighted by atomic mass is 16.5. The molecule has 3 rings (SSSR count). The van der Waals surface area contributed by atoms with Gasteiger partial charge in [-0.3, -0.25) is 0 Å². The van der Waals surface area contributed by atoms with E-state index in [9.17, 15) is 0 Å². The minimum atomic E-state index is 0.755. The van der Waals surface area contributed by atoms with Crippen LogP contribution in [-0.2, 0) is 6.54 Å². The van der Waals surface area contributed by atoms with Gasteiger partial charge < -0.3 is 15.0 Å². The van der Waals surface area contributed by atoms with Gasteiger partial charge in [-0.2, -0.15) is 0 Å². The van der Waals surface area contributed by atoms with E-state index in [0.29, 0.717) is 0 Å². The highest BCUT2D eigenvalue weighted by Gasteiger charge is 2.06. The Morgan fingerprint density at radius 2 is 1.75 bits per heavy atom. The number of anilines is 3. The zero-order valence-electron chi connectivity index (χ0n) is 13.8. The van der Waals surface area contributed by atoms with E-state index >= 15 is 0 Å². The van der Waals surface area contributed by atoms with E-state index in [1.807, 2.05) is 55.6 Å². The predicted octanol–water partition coefficient (Wildman–Crippen LogP) is 3.87. The number of nitrogens with one attached hydrogen (secondary N) is 1. The molecule has 1 heterocycles. The van der Waals surface area contributed by atoms with Crippen LogP contribution in [0.1, 0.15) is 5.56 Å². The van der Waals surface area contributed by atoms with Crippen molar-refractivity contribution in [1.82, 2.24) is 9.97 Å². The van der Waals surface area contributed by atoms with E-state index in [0.717, 1.165) is 29.6 Å². The zero-order chi connectivity index (χ0) is 16.8. The standard InChI is InChI=1S/C19H20N4O/c1-23(13-15-6-4-3-5-7-15)19-12-18(20-14-21-19)22-16-8-10-17(24-2)11-9-16/h3-12,14H,13H2,1-2H3,(H,20,21,22). The predicted molar refractivity (Wildman–Crippen MR) is 96.9 cm³/mol. The van der Waals surface area contributed by atoms with Crippen molar-refractivity contribution in [1.29, 1.82) is 0 Å². The van der Waals surface area contributed by atoms with Gasteiger partial charge in [0.1, 0.15) is 23.7 Å². The largest absolute Gasteiger partial charge is 0.497 e. The fourth-order valence-electron chi connectivity index (χ4n) is 2.38. The molecule has 0 saturated carbocycles.